The number of rotatable bonds is 3. The number of benzene rings is 1. The van der Waals surface area contributed by atoms with Crippen LogP contribution in [-0.2, 0) is 9.53 Å². The number of ether oxygens (including phenoxy) is 2. The van der Waals surface area contributed by atoms with Crippen LogP contribution in [0.5, 0.6) is 5.75 Å². The van der Waals surface area contributed by atoms with Crippen molar-refractivity contribution in [3.05, 3.63) is 28.2 Å². The second-order valence-electron chi connectivity index (χ2n) is 5.39. The minimum absolute atomic E-state index is 0.129. The fraction of sp³-hybridized carbons (Fsp3) is 0.467. The summed E-state index contributed by atoms with van der Waals surface area (Å²) in [5.74, 6) is 0.810. The number of amides is 1. The van der Waals surface area contributed by atoms with Gasteiger partial charge in [-0.1, -0.05) is 15.9 Å². The topological polar surface area (TPSA) is 59.9 Å². The van der Waals surface area contributed by atoms with Crippen molar-refractivity contribution in [2.24, 2.45) is 4.99 Å². The number of hydrogen-bond acceptors (Lipinski definition) is 4. The summed E-state index contributed by atoms with van der Waals surface area (Å²) in [5.41, 5.74) is 0.654. The highest BCUT2D eigenvalue weighted by Crippen LogP contribution is 2.42. The lowest BCUT2D eigenvalue weighted by Crippen LogP contribution is -2.35. The van der Waals surface area contributed by atoms with E-state index in [1.54, 1.807) is 0 Å². The summed E-state index contributed by atoms with van der Waals surface area (Å²) in [6.07, 6.45) is 1.27. The smallest absolute Gasteiger partial charge is 0.291 e. The summed E-state index contributed by atoms with van der Waals surface area (Å²) in [5, 5.41) is 2.50. The lowest BCUT2D eigenvalue weighted by Gasteiger charge is -2.36. The van der Waals surface area contributed by atoms with Crippen molar-refractivity contribution in [1.29, 1.82) is 0 Å². The van der Waals surface area contributed by atoms with E-state index in [1.165, 1.54) is 0 Å². The second-order valence-corrected chi connectivity index (χ2v) is 6.31. The Morgan fingerprint density at radius 2 is 2.38 bits per heavy atom. The zero-order valence-electron chi connectivity index (χ0n) is 12.4. The molecule has 0 saturated carbocycles. The van der Waals surface area contributed by atoms with Gasteiger partial charge >= 0.3 is 0 Å². The Balaban J connectivity index is 2.40. The molecule has 0 spiro atoms. The van der Waals surface area contributed by atoms with Crippen LogP contribution in [-0.4, -0.2) is 24.6 Å². The molecule has 1 atom stereocenters. The fourth-order valence-corrected chi connectivity index (χ4v) is 2.73. The van der Waals surface area contributed by atoms with E-state index in [-0.39, 0.29) is 17.7 Å². The van der Waals surface area contributed by atoms with Crippen LogP contribution in [0.1, 0.15) is 38.8 Å². The van der Waals surface area contributed by atoms with Gasteiger partial charge in [-0.05, 0) is 39.0 Å². The number of nitrogens with zero attached hydrogens (tertiary/aromatic N) is 1. The second kappa shape index (κ2) is 6.47. The molecule has 0 saturated heterocycles. The average molecular weight is 355 g/mol. The number of nitrogens with one attached hydrogen (secondary N) is 1. The van der Waals surface area contributed by atoms with E-state index in [0.29, 0.717) is 19.4 Å². The first kappa shape index (κ1) is 15.8. The minimum Gasteiger partial charge on any atom is -0.487 e. The summed E-state index contributed by atoms with van der Waals surface area (Å²) < 4.78 is 12.3. The first-order chi connectivity index (χ1) is 9.95. The first-order valence-electron chi connectivity index (χ1n) is 6.84. The highest BCUT2D eigenvalue weighted by atomic mass is 79.9. The molecule has 1 heterocycles. The molecule has 114 valence electrons. The van der Waals surface area contributed by atoms with Crippen molar-refractivity contribution < 1.29 is 14.3 Å². The molecule has 0 aliphatic carbocycles. The third-order valence-electron chi connectivity index (χ3n) is 3.14. The molecule has 1 aromatic carbocycles. The van der Waals surface area contributed by atoms with Crippen LogP contribution in [0.15, 0.2) is 27.7 Å². The van der Waals surface area contributed by atoms with Crippen LogP contribution in [0.25, 0.3) is 0 Å². The zero-order chi connectivity index (χ0) is 15.5. The summed E-state index contributed by atoms with van der Waals surface area (Å²) in [7, 11) is 0. The molecule has 6 heteroatoms. The summed E-state index contributed by atoms with van der Waals surface area (Å²) in [6, 6.07) is 5.96. The molecule has 1 amide bonds. The van der Waals surface area contributed by atoms with E-state index in [2.05, 4.69) is 26.2 Å². The van der Waals surface area contributed by atoms with Crippen LogP contribution in [0.2, 0.25) is 0 Å². The third kappa shape index (κ3) is 3.97. The van der Waals surface area contributed by atoms with E-state index >= 15 is 0 Å². The maximum atomic E-state index is 10.7. The molecule has 5 nitrogen and oxygen atoms in total. The van der Waals surface area contributed by atoms with Crippen molar-refractivity contribution in [2.75, 3.05) is 6.61 Å². The highest BCUT2D eigenvalue weighted by molar-refractivity contribution is 9.10. The molecular formula is C15H19BrN2O3. The van der Waals surface area contributed by atoms with Gasteiger partial charge in [0.25, 0.3) is 6.02 Å². The van der Waals surface area contributed by atoms with Gasteiger partial charge in [0.2, 0.25) is 6.41 Å². The average Bonchev–Trinajstić information content (AvgIpc) is 2.39. The van der Waals surface area contributed by atoms with E-state index in [0.717, 1.165) is 15.8 Å². The molecule has 21 heavy (non-hydrogen) atoms. The molecule has 1 aliphatic rings. The lowest BCUT2D eigenvalue weighted by atomic mass is 9.90. The van der Waals surface area contributed by atoms with Crippen molar-refractivity contribution >= 4 is 28.4 Å². The zero-order valence-corrected chi connectivity index (χ0v) is 13.9. The highest BCUT2D eigenvalue weighted by Gasteiger charge is 2.34. The Kier molecular flexibility index (Phi) is 4.88. The van der Waals surface area contributed by atoms with Gasteiger partial charge in [-0.25, -0.2) is 4.99 Å². The Labute approximate surface area is 132 Å². The molecule has 1 unspecified atom stereocenters. The monoisotopic (exact) mass is 354 g/mol. The number of amidine groups is 1. The number of fused-ring (bicyclic) bond motifs is 1. The van der Waals surface area contributed by atoms with Crippen molar-refractivity contribution in [1.82, 2.24) is 5.32 Å². The summed E-state index contributed by atoms with van der Waals surface area (Å²) >= 11 is 3.47. The molecule has 1 N–H and O–H groups in total. The van der Waals surface area contributed by atoms with Crippen LogP contribution >= 0.6 is 15.9 Å². The van der Waals surface area contributed by atoms with E-state index in [9.17, 15) is 4.79 Å². The SMILES string of the molecule is CCOC(=NC1CC(C)(C)Oc2ccc(Br)cc21)NC=O. The predicted octanol–water partition coefficient (Wildman–Crippen LogP) is 3.19. The molecule has 0 bridgehead atoms. The maximum Gasteiger partial charge on any atom is 0.291 e. The molecule has 1 aliphatic heterocycles. The number of carbonyl (C=O) groups excluding carboxylic acids is 1. The van der Waals surface area contributed by atoms with Gasteiger partial charge in [0.15, 0.2) is 0 Å². The van der Waals surface area contributed by atoms with Crippen LogP contribution in [0.4, 0.5) is 0 Å². The van der Waals surface area contributed by atoms with Crippen molar-refractivity contribution in [3.63, 3.8) is 0 Å². The van der Waals surface area contributed by atoms with Gasteiger partial charge in [0.05, 0.1) is 12.6 Å². The number of halogens is 1. The van der Waals surface area contributed by atoms with Gasteiger partial charge in [0.1, 0.15) is 11.4 Å². The Morgan fingerprint density at radius 3 is 3.05 bits per heavy atom. The van der Waals surface area contributed by atoms with E-state index in [1.807, 2.05) is 39.0 Å². The van der Waals surface area contributed by atoms with Gasteiger partial charge in [-0.3, -0.25) is 10.1 Å². The standard InChI is InChI=1S/C15H19BrN2O3/c1-4-20-14(17-9-19)18-12-8-15(2,3)21-13-6-5-10(16)7-11(12)13/h5-7,9,12H,4,8H2,1-3H3,(H,17,18,19). The van der Waals surface area contributed by atoms with Gasteiger partial charge in [-0.15, -0.1) is 0 Å². The van der Waals surface area contributed by atoms with Crippen LogP contribution < -0.4 is 10.1 Å². The Bertz CT molecular complexity index is 558. The van der Waals surface area contributed by atoms with Crippen molar-refractivity contribution in [3.8, 4) is 5.75 Å². The largest absolute Gasteiger partial charge is 0.487 e. The molecule has 0 fully saturated rings. The quantitative estimate of drug-likeness (QED) is 0.515. The van der Waals surface area contributed by atoms with Crippen LogP contribution in [0.3, 0.4) is 0 Å². The van der Waals surface area contributed by atoms with E-state index < -0.39 is 0 Å². The molecule has 1 aromatic rings. The van der Waals surface area contributed by atoms with E-state index in [4.69, 9.17) is 9.47 Å². The van der Waals surface area contributed by atoms with Gasteiger partial charge < -0.3 is 9.47 Å². The summed E-state index contributed by atoms with van der Waals surface area (Å²) in [4.78, 5) is 15.2. The molecular weight excluding hydrogens is 336 g/mol. The Morgan fingerprint density at radius 1 is 1.62 bits per heavy atom. The first-order valence-corrected chi connectivity index (χ1v) is 7.63. The normalized spacial score (nSPS) is 20.2. The molecule has 2 rings (SSSR count). The number of aliphatic imine (C=N–C) groups is 1. The Hall–Kier alpha value is -1.56. The molecule has 0 radical (unpaired) electrons. The maximum absolute atomic E-state index is 10.7. The number of hydrogen-bond donors (Lipinski definition) is 1. The fourth-order valence-electron chi connectivity index (χ4n) is 2.35. The predicted molar refractivity (Wildman–Crippen MR) is 84.5 cm³/mol. The minimum atomic E-state index is -0.326. The lowest BCUT2D eigenvalue weighted by molar-refractivity contribution is -0.108. The molecule has 0 aromatic heterocycles. The van der Waals surface area contributed by atoms with Gasteiger partial charge in [0, 0.05) is 16.5 Å². The third-order valence-corrected chi connectivity index (χ3v) is 3.63. The van der Waals surface area contributed by atoms with Gasteiger partial charge in [-0.2, -0.15) is 0 Å². The summed E-state index contributed by atoms with van der Waals surface area (Å²) in [6.45, 7) is 6.33. The van der Waals surface area contributed by atoms with Crippen LogP contribution in [0, 0.1) is 0 Å². The van der Waals surface area contributed by atoms with Crippen molar-refractivity contribution in [2.45, 2.75) is 38.8 Å². The number of carbonyl (C=O) groups is 1.